The van der Waals surface area contributed by atoms with Crippen LogP contribution < -0.4 is 5.73 Å². The summed E-state index contributed by atoms with van der Waals surface area (Å²) in [6.07, 6.45) is 3.12. The van der Waals surface area contributed by atoms with Crippen LogP contribution in [0.1, 0.15) is 27.2 Å². The summed E-state index contributed by atoms with van der Waals surface area (Å²) in [5, 5.41) is 0. The molecule has 1 heteroatoms. The maximum Gasteiger partial charge on any atom is 0.00475 e. The maximum atomic E-state index is 5.53. The van der Waals surface area contributed by atoms with Crippen LogP contribution in [-0.2, 0) is 0 Å². The van der Waals surface area contributed by atoms with Crippen LogP contribution in [0.4, 0.5) is 0 Å². The summed E-state index contributed by atoms with van der Waals surface area (Å²) in [6.45, 7) is 6.16. The number of rotatable bonds is 2. The SMILES string of the molecule is C/C=C(\C)CC(C)N. The Morgan fingerprint density at radius 1 is 1.75 bits per heavy atom. The van der Waals surface area contributed by atoms with Gasteiger partial charge in [0.2, 0.25) is 0 Å². The summed E-state index contributed by atoms with van der Waals surface area (Å²) in [5.41, 5.74) is 6.90. The monoisotopic (exact) mass is 113 g/mol. The van der Waals surface area contributed by atoms with Crippen LogP contribution in [-0.4, -0.2) is 6.04 Å². The normalized spacial score (nSPS) is 16.2. The minimum Gasteiger partial charge on any atom is -0.328 e. The van der Waals surface area contributed by atoms with Crippen LogP contribution in [0.3, 0.4) is 0 Å². The van der Waals surface area contributed by atoms with E-state index in [2.05, 4.69) is 13.0 Å². The molecule has 0 spiro atoms. The van der Waals surface area contributed by atoms with Crippen LogP contribution in [0.25, 0.3) is 0 Å². The predicted molar refractivity (Wildman–Crippen MR) is 37.7 cm³/mol. The zero-order chi connectivity index (χ0) is 6.57. The van der Waals surface area contributed by atoms with Gasteiger partial charge in [-0.1, -0.05) is 11.6 Å². The first-order valence-electron chi connectivity index (χ1n) is 3.04. The van der Waals surface area contributed by atoms with Gasteiger partial charge in [0.25, 0.3) is 0 Å². The van der Waals surface area contributed by atoms with Gasteiger partial charge in [0.05, 0.1) is 0 Å². The number of allylic oxidation sites excluding steroid dienone is 1. The Kier molecular flexibility index (Phi) is 3.53. The van der Waals surface area contributed by atoms with Crippen molar-refractivity contribution in [1.29, 1.82) is 0 Å². The van der Waals surface area contributed by atoms with Crippen LogP contribution in [0.15, 0.2) is 11.6 Å². The van der Waals surface area contributed by atoms with Crippen LogP contribution in [0.5, 0.6) is 0 Å². The van der Waals surface area contributed by atoms with Gasteiger partial charge >= 0.3 is 0 Å². The zero-order valence-electron chi connectivity index (χ0n) is 5.94. The lowest BCUT2D eigenvalue weighted by Gasteiger charge is -2.02. The van der Waals surface area contributed by atoms with E-state index in [1.54, 1.807) is 0 Å². The molecule has 0 fully saturated rings. The molecule has 0 aromatic carbocycles. The minimum atomic E-state index is 0.311. The van der Waals surface area contributed by atoms with Crippen molar-refractivity contribution >= 4 is 0 Å². The van der Waals surface area contributed by atoms with Gasteiger partial charge in [-0.3, -0.25) is 0 Å². The Morgan fingerprint density at radius 3 is 2.38 bits per heavy atom. The molecule has 0 aliphatic carbocycles. The highest BCUT2D eigenvalue weighted by Gasteiger charge is 1.92. The molecule has 0 aliphatic rings. The number of hydrogen-bond donors (Lipinski definition) is 1. The van der Waals surface area contributed by atoms with E-state index in [9.17, 15) is 0 Å². The summed E-state index contributed by atoms with van der Waals surface area (Å²) >= 11 is 0. The molecule has 1 atom stereocenters. The van der Waals surface area contributed by atoms with E-state index in [0.717, 1.165) is 6.42 Å². The smallest absolute Gasteiger partial charge is 0.00475 e. The van der Waals surface area contributed by atoms with Crippen LogP contribution in [0, 0.1) is 0 Å². The third kappa shape index (κ3) is 3.88. The van der Waals surface area contributed by atoms with E-state index in [1.807, 2.05) is 13.8 Å². The Balaban J connectivity index is 3.39. The molecule has 1 unspecified atom stereocenters. The largest absolute Gasteiger partial charge is 0.328 e. The summed E-state index contributed by atoms with van der Waals surface area (Å²) in [6, 6.07) is 0.311. The van der Waals surface area contributed by atoms with Crippen molar-refractivity contribution in [3.05, 3.63) is 11.6 Å². The average molecular weight is 113 g/mol. The quantitative estimate of drug-likeness (QED) is 0.542. The molecule has 2 N–H and O–H groups in total. The molecular weight excluding hydrogens is 98.1 g/mol. The van der Waals surface area contributed by atoms with Crippen LogP contribution >= 0.6 is 0 Å². The summed E-state index contributed by atoms with van der Waals surface area (Å²) in [4.78, 5) is 0. The Bertz CT molecular complexity index is 82.4. The second-order valence-corrected chi connectivity index (χ2v) is 2.32. The van der Waals surface area contributed by atoms with E-state index in [4.69, 9.17) is 5.73 Å². The van der Waals surface area contributed by atoms with Gasteiger partial charge in [-0.25, -0.2) is 0 Å². The van der Waals surface area contributed by atoms with E-state index in [1.165, 1.54) is 5.57 Å². The summed E-state index contributed by atoms with van der Waals surface area (Å²) in [5.74, 6) is 0. The maximum absolute atomic E-state index is 5.53. The van der Waals surface area contributed by atoms with E-state index in [0.29, 0.717) is 6.04 Å². The highest BCUT2D eigenvalue weighted by molar-refractivity contribution is 4.97. The van der Waals surface area contributed by atoms with Crippen molar-refractivity contribution in [1.82, 2.24) is 0 Å². The summed E-state index contributed by atoms with van der Waals surface area (Å²) in [7, 11) is 0. The van der Waals surface area contributed by atoms with Crippen molar-refractivity contribution < 1.29 is 0 Å². The van der Waals surface area contributed by atoms with Gasteiger partial charge in [-0.15, -0.1) is 0 Å². The number of nitrogens with two attached hydrogens (primary N) is 1. The topological polar surface area (TPSA) is 26.0 Å². The second kappa shape index (κ2) is 3.67. The molecule has 1 nitrogen and oxygen atoms in total. The Labute approximate surface area is 51.6 Å². The summed E-state index contributed by atoms with van der Waals surface area (Å²) < 4.78 is 0. The number of hydrogen-bond acceptors (Lipinski definition) is 1. The lowest BCUT2D eigenvalue weighted by molar-refractivity contribution is 0.730. The molecule has 8 heavy (non-hydrogen) atoms. The Hall–Kier alpha value is -0.300. The molecule has 0 saturated heterocycles. The van der Waals surface area contributed by atoms with Crippen molar-refractivity contribution in [2.24, 2.45) is 5.73 Å². The minimum absolute atomic E-state index is 0.311. The first-order valence-corrected chi connectivity index (χ1v) is 3.04. The molecule has 0 heterocycles. The predicted octanol–water partition coefficient (Wildman–Crippen LogP) is 1.69. The fraction of sp³-hybridized carbons (Fsp3) is 0.714. The fourth-order valence-corrected chi connectivity index (χ4v) is 0.626. The van der Waals surface area contributed by atoms with Gasteiger partial charge in [0.1, 0.15) is 0 Å². The molecule has 48 valence electrons. The van der Waals surface area contributed by atoms with E-state index < -0.39 is 0 Å². The molecule has 0 amide bonds. The molecular formula is C7H15N. The molecule has 0 radical (unpaired) electrons. The van der Waals surface area contributed by atoms with E-state index >= 15 is 0 Å². The Morgan fingerprint density at radius 2 is 2.25 bits per heavy atom. The molecule has 0 rings (SSSR count). The third-order valence-electron chi connectivity index (χ3n) is 1.14. The highest BCUT2D eigenvalue weighted by atomic mass is 14.6. The van der Waals surface area contributed by atoms with Crippen LogP contribution in [0.2, 0.25) is 0 Å². The lowest BCUT2D eigenvalue weighted by Crippen LogP contribution is -2.14. The third-order valence-corrected chi connectivity index (χ3v) is 1.14. The average Bonchev–Trinajstić information content (AvgIpc) is 1.65. The van der Waals surface area contributed by atoms with Gasteiger partial charge in [0, 0.05) is 6.04 Å². The van der Waals surface area contributed by atoms with Gasteiger partial charge in [0.15, 0.2) is 0 Å². The molecule has 0 aromatic rings. The first kappa shape index (κ1) is 7.70. The first-order chi connectivity index (χ1) is 3.66. The van der Waals surface area contributed by atoms with Crippen molar-refractivity contribution in [3.8, 4) is 0 Å². The molecule has 0 aliphatic heterocycles. The van der Waals surface area contributed by atoms with Gasteiger partial charge < -0.3 is 5.73 Å². The van der Waals surface area contributed by atoms with Crippen molar-refractivity contribution in [2.45, 2.75) is 33.2 Å². The standard InChI is InChI=1S/C7H15N/c1-4-6(2)5-7(3)8/h4,7H,5,8H2,1-3H3/b6-4+. The molecule has 0 aromatic heterocycles. The molecule has 0 bridgehead atoms. The van der Waals surface area contributed by atoms with Gasteiger partial charge in [-0.2, -0.15) is 0 Å². The zero-order valence-corrected chi connectivity index (χ0v) is 5.94. The lowest BCUT2D eigenvalue weighted by atomic mass is 10.1. The fourth-order valence-electron chi connectivity index (χ4n) is 0.626. The van der Waals surface area contributed by atoms with E-state index in [-0.39, 0.29) is 0 Å². The highest BCUT2D eigenvalue weighted by Crippen LogP contribution is 2.00. The van der Waals surface area contributed by atoms with Crippen molar-refractivity contribution in [3.63, 3.8) is 0 Å². The molecule has 0 saturated carbocycles. The van der Waals surface area contributed by atoms with Gasteiger partial charge in [-0.05, 0) is 27.2 Å². The van der Waals surface area contributed by atoms with Crippen molar-refractivity contribution in [2.75, 3.05) is 0 Å². The second-order valence-electron chi connectivity index (χ2n) is 2.32.